The van der Waals surface area contributed by atoms with Crippen molar-refractivity contribution in [3.63, 3.8) is 0 Å². The number of fused-ring (bicyclic) bond motifs is 1. The van der Waals surface area contributed by atoms with E-state index in [0.717, 1.165) is 49.2 Å². The molecule has 1 fully saturated rings. The van der Waals surface area contributed by atoms with E-state index in [1.54, 1.807) is 24.7 Å². The van der Waals surface area contributed by atoms with E-state index in [0.29, 0.717) is 5.56 Å². The molecule has 6 heteroatoms. The van der Waals surface area contributed by atoms with E-state index >= 15 is 0 Å². The highest BCUT2D eigenvalue weighted by Gasteiger charge is 2.19. The first-order chi connectivity index (χ1) is 10.7. The highest BCUT2D eigenvalue weighted by atomic mass is 19.2. The Labute approximate surface area is 126 Å². The van der Waals surface area contributed by atoms with Crippen LogP contribution in [0, 0.1) is 11.6 Å². The van der Waals surface area contributed by atoms with Crippen LogP contribution in [-0.4, -0.2) is 27.5 Å². The third-order valence-corrected chi connectivity index (χ3v) is 4.03. The molecule has 0 amide bonds. The lowest BCUT2D eigenvalue weighted by Crippen LogP contribution is -2.19. The quantitative estimate of drug-likeness (QED) is 0.728. The number of halogens is 2. The third kappa shape index (κ3) is 2.03. The molecule has 1 aliphatic heterocycles. The van der Waals surface area contributed by atoms with Gasteiger partial charge in [-0.1, -0.05) is 0 Å². The molecule has 0 bridgehead atoms. The summed E-state index contributed by atoms with van der Waals surface area (Å²) in [4.78, 5) is 11.1. The summed E-state index contributed by atoms with van der Waals surface area (Å²) in [7, 11) is 0. The van der Waals surface area contributed by atoms with Crippen molar-refractivity contribution in [2.24, 2.45) is 0 Å². The molecule has 3 heterocycles. The average Bonchev–Trinajstić information content (AvgIpc) is 3.18. The Morgan fingerprint density at radius 3 is 2.59 bits per heavy atom. The predicted molar refractivity (Wildman–Crippen MR) is 79.8 cm³/mol. The Bertz CT molecular complexity index is 837. The summed E-state index contributed by atoms with van der Waals surface area (Å²) in [5.41, 5.74) is 2.05. The van der Waals surface area contributed by atoms with Gasteiger partial charge in [0.2, 0.25) is 0 Å². The molecule has 0 radical (unpaired) electrons. The molecule has 0 spiro atoms. The Balaban J connectivity index is 1.86. The molecule has 1 aliphatic rings. The summed E-state index contributed by atoms with van der Waals surface area (Å²) in [6.45, 7) is 1.94. The van der Waals surface area contributed by atoms with E-state index < -0.39 is 11.6 Å². The van der Waals surface area contributed by atoms with Crippen LogP contribution in [0.25, 0.3) is 16.9 Å². The van der Waals surface area contributed by atoms with Crippen LogP contribution in [0.4, 0.5) is 14.6 Å². The zero-order valence-corrected chi connectivity index (χ0v) is 11.8. The molecule has 0 atom stereocenters. The second-order valence-electron chi connectivity index (χ2n) is 5.41. The molecule has 0 N–H and O–H groups in total. The minimum Gasteiger partial charge on any atom is -0.354 e. The first-order valence-corrected chi connectivity index (χ1v) is 7.26. The summed E-state index contributed by atoms with van der Waals surface area (Å²) in [5.74, 6) is -0.868. The van der Waals surface area contributed by atoms with Gasteiger partial charge < -0.3 is 4.90 Å². The fraction of sp³-hybridized carbons (Fsp3) is 0.250. The van der Waals surface area contributed by atoms with Crippen LogP contribution in [0.2, 0.25) is 0 Å². The summed E-state index contributed by atoms with van der Waals surface area (Å²) in [6, 6.07) is 3.87. The zero-order chi connectivity index (χ0) is 15.1. The van der Waals surface area contributed by atoms with Crippen molar-refractivity contribution in [2.45, 2.75) is 12.8 Å². The highest BCUT2D eigenvalue weighted by molar-refractivity contribution is 5.71. The summed E-state index contributed by atoms with van der Waals surface area (Å²) in [5, 5.41) is 0. The smallest absolute Gasteiger partial charge is 0.180 e. The number of hydrogen-bond acceptors (Lipinski definition) is 3. The van der Waals surface area contributed by atoms with Gasteiger partial charge in [-0.25, -0.2) is 18.7 Å². The van der Waals surface area contributed by atoms with Crippen LogP contribution in [0.3, 0.4) is 0 Å². The van der Waals surface area contributed by atoms with Gasteiger partial charge in [0.05, 0.1) is 11.9 Å². The predicted octanol–water partition coefficient (Wildman–Crippen LogP) is 3.27. The molecule has 0 saturated carbocycles. The Hall–Kier alpha value is -2.50. The van der Waals surface area contributed by atoms with Gasteiger partial charge in [0.15, 0.2) is 23.1 Å². The van der Waals surface area contributed by atoms with Crippen LogP contribution in [0.5, 0.6) is 0 Å². The van der Waals surface area contributed by atoms with Crippen molar-refractivity contribution < 1.29 is 8.78 Å². The van der Waals surface area contributed by atoms with Crippen LogP contribution < -0.4 is 4.90 Å². The Kier molecular flexibility index (Phi) is 3.03. The van der Waals surface area contributed by atoms with Gasteiger partial charge >= 0.3 is 0 Å². The van der Waals surface area contributed by atoms with Gasteiger partial charge in [-0.3, -0.25) is 4.40 Å². The van der Waals surface area contributed by atoms with Crippen molar-refractivity contribution in [3.05, 3.63) is 48.4 Å². The van der Waals surface area contributed by atoms with Crippen LogP contribution in [-0.2, 0) is 0 Å². The number of rotatable bonds is 2. The van der Waals surface area contributed by atoms with Gasteiger partial charge in [-0.2, -0.15) is 0 Å². The minimum atomic E-state index is -0.860. The van der Waals surface area contributed by atoms with Crippen molar-refractivity contribution in [1.82, 2.24) is 14.4 Å². The second-order valence-corrected chi connectivity index (χ2v) is 5.41. The van der Waals surface area contributed by atoms with E-state index in [4.69, 9.17) is 0 Å². The number of anilines is 1. The monoisotopic (exact) mass is 300 g/mol. The van der Waals surface area contributed by atoms with E-state index in [1.807, 2.05) is 4.40 Å². The lowest BCUT2D eigenvalue weighted by molar-refractivity contribution is 0.509. The van der Waals surface area contributed by atoms with Crippen LogP contribution in [0.15, 0.2) is 36.8 Å². The molecule has 112 valence electrons. The summed E-state index contributed by atoms with van der Waals surface area (Å²) < 4.78 is 28.4. The number of nitrogens with zero attached hydrogens (tertiary/aromatic N) is 4. The van der Waals surface area contributed by atoms with Gasteiger partial charge in [-0.05, 0) is 31.0 Å². The van der Waals surface area contributed by atoms with Crippen LogP contribution >= 0.6 is 0 Å². The Morgan fingerprint density at radius 1 is 1.00 bits per heavy atom. The molecule has 3 aromatic rings. The number of aromatic nitrogens is 3. The maximum atomic E-state index is 13.5. The second kappa shape index (κ2) is 5.05. The van der Waals surface area contributed by atoms with E-state index in [-0.39, 0.29) is 0 Å². The lowest BCUT2D eigenvalue weighted by atomic mass is 10.1. The van der Waals surface area contributed by atoms with Crippen molar-refractivity contribution in [2.75, 3.05) is 18.0 Å². The highest BCUT2D eigenvalue weighted by Crippen LogP contribution is 2.27. The molecular weight excluding hydrogens is 286 g/mol. The molecule has 2 aromatic heterocycles. The molecule has 4 rings (SSSR count). The zero-order valence-electron chi connectivity index (χ0n) is 11.8. The van der Waals surface area contributed by atoms with Crippen molar-refractivity contribution in [1.29, 1.82) is 0 Å². The average molecular weight is 300 g/mol. The molecule has 22 heavy (non-hydrogen) atoms. The van der Waals surface area contributed by atoms with Gasteiger partial charge in [0.25, 0.3) is 0 Å². The number of imidazole rings is 1. The van der Waals surface area contributed by atoms with E-state index in [2.05, 4.69) is 14.9 Å². The molecule has 1 saturated heterocycles. The third-order valence-electron chi connectivity index (χ3n) is 4.03. The fourth-order valence-electron chi connectivity index (χ4n) is 2.93. The first-order valence-electron chi connectivity index (χ1n) is 7.26. The molecule has 0 unspecified atom stereocenters. The lowest BCUT2D eigenvalue weighted by Gasteiger charge is -2.16. The molecule has 4 nitrogen and oxygen atoms in total. The number of hydrogen-bond donors (Lipinski definition) is 0. The minimum absolute atomic E-state index is 0.588. The molecule has 0 aliphatic carbocycles. The van der Waals surface area contributed by atoms with Gasteiger partial charge in [0.1, 0.15) is 0 Å². The topological polar surface area (TPSA) is 33.4 Å². The SMILES string of the molecule is Fc1ccc(-c2cnc3c(N4CCCC4)nccn23)cc1F. The first kappa shape index (κ1) is 13.2. The van der Waals surface area contributed by atoms with Crippen molar-refractivity contribution in [3.8, 4) is 11.3 Å². The fourth-order valence-corrected chi connectivity index (χ4v) is 2.93. The largest absolute Gasteiger partial charge is 0.354 e. The molecule has 1 aromatic carbocycles. The van der Waals surface area contributed by atoms with E-state index in [1.165, 1.54) is 6.07 Å². The Morgan fingerprint density at radius 2 is 1.82 bits per heavy atom. The van der Waals surface area contributed by atoms with Crippen molar-refractivity contribution >= 4 is 11.5 Å². The van der Waals surface area contributed by atoms with E-state index in [9.17, 15) is 8.78 Å². The number of benzene rings is 1. The standard InChI is InChI=1S/C16H14F2N4/c17-12-4-3-11(9-13(12)18)14-10-20-16-15(19-5-8-22(14)16)21-6-1-2-7-21/h3-5,8-10H,1-2,6-7H2. The maximum Gasteiger partial charge on any atom is 0.180 e. The summed E-state index contributed by atoms with van der Waals surface area (Å²) in [6.07, 6.45) is 7.48. The molecular formula is C16H14F2N4. The maximum absolute atomic E-state index is 13.5. The summed E-state index contributed by atoms with van der Waals surface area (Å²) >= 11 is 0. The van der Waals surface area contributed by atoms with Gasteiger partial charge in [-0.15, -0.1) is 0 Å². The normalized spacial score (nSPS) is 14.9. The van der Waals surface area contributed by atoms with Crippen LogP contribution in [0.1, 0.15) is 12.8 Å². The van der Waals surface area contributed by atoms with Gasteiger partial charge in [0, 0.05) is 31.0 Å².